The molecule has 1 aromatic rings. The van der Waals surface area contributed by atoms with Crippen molar-refractivity contribution in [2.24, 2.45) is 11.3 Å². The number of carbonyl (C=O) groups is 1. The number of carbonyl (C=O) groups excluding carboxylic acids is 1. The van der Waals surface area contributed by atoms with E-state index in [1.165, 1.54) is 0 Å². The Morgan fingerprint density at radius 2 is 2.18 bits per heavy atom. The van der Waals surface area contributed by atoms with E-state index >= 15 is 0 Å². The maximum absolute atomic E-state index is 12.1. The molecule has 0 atom stereocenters. The minimum atomic E-state index is -0.1000. The molecule has 94 valence electrons. The minimum Gasteiger partial charge on any atom is -0.340 e. The Kier molecular flexibility index (Phi) is 4.07. The summed E-state index contributed by atoms with van der Waals surface area (Å²) < 4.78 is 0. The van der Waals surface area contributed by atoms with E-state index in [4.69, 9.17) is 5.84 Å². The summed E-state index contributed by atoms with van der Waals surface area (Å²) in [4.78, 5) is 17.8. The summed E-state index contributed by atoms with van der Waals surface area (Å²) in [6.45, 7) is 6.93. The molecule has 1 heterocycles. The molecule has 0 radical (unpaired) electrons. The molecule has 0 fully saturated rings. The number of nitrogens with one attached hydrogen (secondary N) is 1. The average Bonchev–Trinajstić information content (AvgIpc) is 2.26. The lowest BCUT2D eigenvalue weighted by molar-refractivity contribution is 0.0740. The van der Waals surface area contributed by atoms with Crippen LogP contribution in [0.1, 0.15) is 31.3 Å². The topological polar surface area (TPSA) is 71.2 Å². The van der Waals surface area contributed by atoms with Crippen LogP contribution in [0.4, 0.5) is 5.69 Å². The molecule has 0 bridgehead atoms. The first-order chi connectivity index (χ1) is 7.83. The molecule has 5 heteroatoms. The van der Waals surface area contributed by atoms with Gasteiger partial charge in [0.05, 0.1) is 5.69 Å². The molecule has 1 amide bonds. The molecular formula is C12H20N4O. The SMILES string of the molecule is CN(CC(C)(C)C)C(=O)c1cc(NN)ccn1. The molecule has 0 aromatic carbocycles. The highest BCUT2D eigenvalue weighted by Crippen LogP contribution is 2.16. The van der Waals surface area contributed by atoms with Gasteiger partial charge in [0.1, 0.15) is 5.69 Å². The average molecular weight is 236 g/mol. The van der Waals surface area contributed by atoms with Gasteiger partial charge in [0, 0.05) is 19.8 Å². The number of hydrogen-bond acceptors (Lipinski definition) is 4. The van der Waals surface area contributed by atoms with E-state index in [0.717, 1.165) is 0 Å². The fourth-order valence-corrected chi connectivity index (χ4v) is 1.62. The predicted octanol–water partition coefficient (Wildman–Crippen LogP) is 1.49. The van der Waals surface area contributed by atoms with Crippen LogP contribution in [0.15, 0.2) is 18.3 Å². The molecule has 0 unspecified atom stereocenters. The van der Waals surface area contributed by atoms with Gasteiger partial charge < -0.3 is 10.3 Å². The first-order valence-corrected chi connectivity index (χ1v) is 5.51. The molecule has 0 saturated heterocycles. The fourth-order valence-electron chi connectivity index (χ4n) is 1.62. The standard InChI is InChI=1S/C12H20N4O/c1-12(2,3)8-16(4)11(17)10-7-9(15-13)5-6-14-10/h5-7H,8,13H2,1-4H3,(H,14,15). The van der Waals surface area contributed by atoms with E-state index in [1.54, 1.807) is 30.3 Å². The Morgan fingerprint density at radius 1 is 1.53 bits per heavy atom. The number of hydrazine groups is 1. The summed E-state index contributed by atoms with van der Waals surface area (Å²) in [7, 11) is 1.78. The second-order valence-corrected chi connectivity index (χ2v) is 5.30. The van der Waals surface area contributed by atoms with Crippen LogP contribution >= 0.6 is 0 Å². The molecule has 0 saturated carbocycles. The van der Waals surface area contributed by atoms with Gasteiger partial charge in [-0.2, -0.15) is 0 Å². The summed E-state index contributed by atoms with van der Waals surface area (Å²) in [5, 5.41) is 0. The van der Waals surface area contributed by atoms with Crippen LogP contribution in [0.3, 0.4) is 0 Å². The summed E-state index contributed by atoms with van der Waals surface area (Å²) in [6, 6.07) is 3.35. The van der Waals surface area contributed by atoms with Crippen LogP contribution in [-0.4, -0.2) is 29.4 Å². The molecule has 0 aliphatic heterocycles. The summed E-state index contributed by atoms with van der Waals surface area (Å²) in [5.74, 6) is 5.19. The monoisotopic (exact) mass is 236 g/mol. The summed E-state index contributed by atoms with van der Waals surface area (Å²) >= 11 is 0. The van der Waals surface area contributed by atoms with Gasteiger partial charge in [-0.3, -0.25) is 15.6 Å². The molecule has 1 rings (SSSR count). The predicted molar refractivity (Wildman–Crippen MR) is 68.5 cm³/mol. The number of nitrogens with zero attached hydrogens (tertiary/aromatic N) is 2. The zero-order valence-corrected chi connectivity index (χ0v) is 10.8. The van der Waals surface area contributed by atoms with Gasteiger partial charge in [-0.25, -0.2) is 0 Å². The van der Waals surface area contributed by atoms with Gasteiger partial charge in [0.15, 0.2) is 0 Å². The number of amides is 1. The summed E-state index contributed by atoms with van der Waals surface area (Å²) in [5.41, 5.74) is 3.63. The number of aromatic nitrogens is 1. The number of anilines is 1. The highest BCUT2D eigenvalue weighted by molar-refractivity contribution is 5.92. The lowest BCUT2D eigenvalue weighted by Gasteiger charge is -2.26. The molecule has 3 N–H and O–H groups in total. The largest absolute Gasteiger partial charge is 0.340 e. The lowest BCUT2D eigenvalue weighted by Crippen LogP contribution is -2.35. The first kappa shape index (κ1) is 13.4. The van der Waals surface area contributed by atoms with E-state index < -0.39 is 0 Å². The van der Waals surface area contributed by atoms with Gasteiger partial charge in [-0.15, -0.1) is 0 Å². The lowest BCUT2D eigenvalue weighted by atomic mass is 9.96. The van der Waals surface area contributed by atoms with Crippen LogP contribution in [0, 0.1) is 5.41 Å². The number of rotatable bonds is 3. The Morgan fingerprint density at radius 3 is 2.71 bits per heavy atom. The van der Waals surface area contributed by atoms with Gasteiger partial charge in [0.2, 0.25) is 0 Å². The number of nitrogen functional groups attached to an aromatic ring is 1. The van der Waals surface area contributed by atoms with E-state index in [1.807, 2.05) is 0 Å². The molecule has 0 spiro atoms. The molecule has 17 heavy (non-hydrogen) atoms. The van der Waals surface area contributed by atoms with Crippen molar-refractivity contribution in [1.29, 1.82) is 0 Å². The van der Waals surface area contributed by atoms with Crippen molar-refractivity contribution in [2.45, 2.75) is 20.8 Å². The Bertz CT molecular complexity index is 398. The van der Waals surface area contributed by atoms with E-state index in [9.17, 15) is 4.79 Å². The van der Waals surface area contributed by atoms with Gasteiger partial charge in [0.25, 0.3) is 5.91 Å². The number of pyridine rings is 1. The highest BCUT2D eigenvalue weighted by Gasteiger charge is 2.19. The Hall–Kier alpha value is -1.62. The third-order valence-corrected chi connectivity index (χ3v) is 2.20. The van der Waals surface area contributed by atoms with Crippen LogP contribution in [-0.2, 0) is 0 Å². The van der Waals surface area contributed by atoms with Crippen molar-refractivity contribution < 1.29 is 4.79 Å². The zero-order valence-electron chi connectivity index (χ0n) is 10.8. The van der Waals surface area contributed by atoms with E-state index in [2.05, 4.69) is 31.2 Å². The van der Waals surface area contributed by atoms with Gasteiger partial charge in [-0.1, -0.05) is 20.8 Å². The van der Waals surface area contributed by atoms with E-state index in [-0.39, 0.29) is 11.3 Å². The third-order valence-electron chi connectivity index (χ3n) is 2.20. The van der Waals surface area contributed by atoms with Crippen molar-refractivity contribution in [3.05, 3.63) is 24.0 Å². The normalized spacial score (nSPS) is 11.1. The first-order valence-electron chi connectivity index (χ1n) is 5.51. The number of nitrogens with two attached hydrogens (primary N) is 1. The van der Waals surface area contributed by atoms with Crippen molar-refractivity contribution in [3.63, 3.8) is 0 Å². The van der Waals surface area contributed by atoms with Gasteiger partial charge in [-0.05, 0) is 17.5 Å². The van der Waals surface area contributed by atoms with Crippen molar-refractivity contribution in [3.8, 4) is 0 Å². The van der Waals surface area contributed by atoms with E-state index in [0.29, 0.717) is 17.9 Å². The van der Waals surface area contributed by atoms with Crippen molar-refractivity contribution in [2.75, 3.05) is 19.0 Å². The minimum absolute atomic E-state index is 0.0636. The van der Waals surface area contributed by atoms with Crippen molar-refractivity contribution in [1.82, 2.24) is 9.88 Å². The van der Waals surface area contributed by atoms with Crippen LogP contribution < -0.4 is 11.3 Å². The number of hydrogen-bond donors (Lipinski definition) is 2. The molecule has 0 aliphatic rings. The van der Waals surface area contributed by atoms with Crippen LogP contribution in [0.2, 0.25) is 0 Å². The maximum Gasteiger partial charge on any atom is 0.272 e. The van der Waals surface area contributed by atoms with Crippen LogP contribution in [0.25, 0.3) is 0 Å². The molecule has 5 nitrogen and oxygen atoms in total. The highest BCUT2D eigenvalue weighted by atomic mass is 16.2. The third kappa shape index (κ3) is 4.03. The van der Waals surface area contributed by atoms with Gasteiger partial charge >= 0.3 is 0 Å². The molecule has 1 aromatic heterocycles. The Balaban J connectivity index is 2.81. The van der Waals surface area contributed by atoms with Crippen molar-refractivity contribution >= 4 is 11.6 Å². The smallest absolute Gasteiger partial charge is 0.272 e. The fraction of sp³-hybridized carbons (Fsp3) is 0.500. The maximum atomic E-state index is 12.1. The molecule has 0 aliphatic carbocycles. The molecular weight excluding hydrogens is 216 g/mol. The quantitative estimate of drug-likeness (QED) is 0.616. The zero-order chi connectivity index (χ0) is 13.1. The second kappa shape index (κ2) is 5.14. The second-order valence-electron chi connectivity index (χ2n) is 5.30. The summed E-state index contributed by atoms with van der Waals surface area (Å²) in [6.07, 6.45) is 1.56. The van der Waals surface area contributed by atoms with Crippen LogP contribution in [0.5, 0.6) is 0 Å². The Labute approximate surface area is 102 Å².